The molecular formula is C13H12N2O5. The zero-order valence-electron chi connectivity index (χ0n) is 10.9. The zero-order valence-corrected chi connectivity index (χ0v) is 10.9. The Morgan fingerprint density at radius 2 is 1.90 bits per heavy atom. The molecule has 104 valence electrons. The quantitative estimate of drug-likeness (QED) is 0.666. The van der Waals surface area contributed by atoms with Gasteiger partial charge in [0, 0.05) is 19.2 Å². The van der Waals surface area contributed by atoms with Gasteiger partial charge in [-0.3, -0.25) is 19.7 Å². The molecule has 1 amide bonds. The van der Waals surface area contributed by atoms with Crippen LogP contribution >= 0.6 is 0 Å². The predicted molar refractivity (Wildman–Crippen MR) is 68.9 cm³/mol. The number of nitro groups is 1. The lowest BCUT2D eigenvalue weighted by Crippen LogP contribution is -2.26. The van der Waals surface area contributed by atoms with Gasteiger partial charge in [-0.1, -0.05) is 0 Å². The minimum Gasteiger partial charge on any atom is -0.503 e. The number of nitrogens with zero attached hydrogens (tertiary/aromatic N) is 2. The number of nitro benzene ring substituents is 1. The highest BCUT2D eigenvalue weighted by Crippen LogP contribution is 2.36. The van der Waals surface area contributed by atoms with Crippen LogP contribution in [0.1, 0.15) is 18.5 Å². The third kappa shape index (κ3) is 2.03. The number of rotatable bonds is 3. The van der Waals surface area contributed by atoms with Crippen LogP contribution < -0.4 is 0 Å². The van der Waals surface area contributed by atoms with E-state index in [4.69, 9.17) is 0 Å². The summed E-state index contributed by atoms with van der Waals surface area (Å²) in [7, 11) is 1.46. The molecule has 20 heavy (non-hydrogen) atoms. The van der Waals surface area contributed by atoms with Gasteiger partial charge in [0.05, 0.1) is 16.5 Å². The van der Waals surface area contributed by atoms with Crippen molar-refractivity contribution < 1.29 is 19.6 Å². The first-order chi connectivity index (χ1) is 9.34. The highest BCUT2D eigenvalue weighted by atomic mass is 16.6. The van der Waals surface area contributed by atoms with Crippen molar-refractivity contribution >= 4 is 17.4 Å². The summed E-state index contributed by atoms with van der Waals surface area (Å²) in [5.74, 6) is -1.62. The normalized spacial score (nSPS) is 18.6. The lowest BCUT2D eigenvalue weighted by atomic mass is 9.97. The van der Waals surface area contributed by atoms with Crippen LogP contribution in [0.3, 0.4) is 0 Å². The number of ketones is 1. The molecular weight excluding hydrogens is 264 g/mol. The summed E-state index contributed by atoms with van der Waals surface area (Å²) < 4.78 is 0. The lowest BCUT2D eigenvalue weighted by molar-refractivity contribution is -0.384. The fraction of sp³-hybridized carbons (Fsp3) is 0.231. The topological polar surface area (TPSA) is 101 Å². The van der Waals surface area contributed by atoms with E-state index in [1.165, 1.54) is 43.1 Å². The van der Waals surface area contributed by atoms with Crippen LogP contribution in [0.25, 0.3) is 0 Å². The van der Waals surface area contributed by atoms with Crippen LogP contribution in [-0.4, -0.2) is 33.7 Å². The van der Waals surface area contributed by atoms with Gasteiger partial charge in [-0.25, -0.2) is 0 Å². The Labute approximate surface area is 114 Å². The number of Topliss-reactive ketones (excluding diaryl/α,β-unsaturated/α-hetero) is 1. The summed E-state index contributed by atoms with van der Waals surface area (Å²) in [6.07, 6.45) is 0. The second kappa shape index (κ2) is 4.76. The zero-order chi connectivity index (χ0) is 15.0. The first-order valence-electron chi connectivity index (χ1n) is 5.80. The van der Waals surface area contributed by atoms with Gasteiger partial charge < -0.3 is 10.0 Å². The van der Waals surface area contributed by atoms with Gasteiger partial charge in [0.2, 0.25) is 0 Å². The number of amides is 1. The van der Waals surface area contributed by atoms with E-state index >= 15 is 0 Å². The summed E-state index contributed by atoms with van der Waals surface area (Å²) in [5.41, 5.74) is 0.449. The maximum Gasteiger partial charge on any atom is 0.289 e. The van der Waals surface area contributed by atoms with Crippen LogP contribution in [0.5, 0.6) is 0 Å². The standard InChI is InChI=1S/C13H12N2O5/c1-7(16)10-11(14(2)13(18)12(10)17)8-3-5-9(6-4-8)15(19)20/h3-6,11,17H,1-2H3/t11-/m0/s1. The Kier molecular flexibility index (Phi) is 3.27. The summed E-state index contributed by atoms with van der Waals surface area (Å²) in [4.78, 5) is 34.6. The van der Waals surface area contributed by atoms with Gasteiger partial charge in [-0.2, -0.15) is 0 Å². The smallest absolute Gasteiger partial charge is 0.289 e. The van der Waals surface area contributed by atoms with E-state index in [9.17, 15) is 24.8 Å². The number of non-ortho nitro benzene ring substituents is 1. The first-order valence-corrected chi connectivity index (χ1v) is 5.80. The van der Waals surface area contributed by atoms with Crippen LogP contribution in [-0.2, 0) is 9.59 Å². The number of hydrogen-bond donors (Lipinski definition) is 1. The molecule has 0 saturated carbocycles. The van der Waals surface area contributed by atoms with Crippen molar-refractivity contribution in [2.45, 2.75) is 13.0 Å². The van der Waals surface area contributed by atoms with Crippen molar-refractivity contribution in [3.8, 4) is 0 Å². The van der Waals surface area contributed by atoms with Crippen molar-refractivity contribution in [3.63, 3.8) is 0 Å². The Morgan fingerprint density at radius 1 is 1.35 bits per heavy atom. The Balaban J connectivity index is 2.48. The molecule has 0 radical (unpaired) electrons. The molecule has 7 nitrogen and oxygen atoms in total. The van der Waals surface area contributed by atoms with Gasteiger partial charge >= 0.3 is 0 Å². The van der Waals surface area contributed by atoms with Crippen molar-refractivity contribution in [2.75, 3.05) is 7.05 Å². The van der Waals surface area contributed by atoms with Gasteiger partial charge in [0.25, 0.3) is 11.6 Å². The van der Waals surface area contributed by atoms with Gasteiger partial charge in [-0.15, -0.1) is 0 Å². The lowest BCUT2D eigenvalue weighted by Gasteiger charge is -2.21. The Morgan fingerprint density at radius 3 is 2.35 bits per heavy atom. The molecule has 1 aromatic carbocycles. The molecule has 0 aliphatic carbocycles. The highest BCUT2D eigenvalue weighted by molar-refractivity contribution is 6.07. The molecule has 1 aromatic rings. The fourth-order valence-corrected chi connectivity index (χ4v) is 2.25. The van der Waals surface area contributed by atoms with Gasteiger partial charge in [0.15, 0.2) is 11.5 Å². The second-order valence-corrected chi connectivity index (χ2v) is 4.49. The van der Waals surface area contributed by atoms with E-state index in [1.54, 1.807) is 0 Å². The molecule has 0 fully saturated rings. The third-order valence-electron chi connectivity index (χ3n) is 3.24. The molecule has 0 spiro atoms. The van der Waals surface area contributed by atoms with E-state index in [1.807, 2.05) is 0 Å². The Hall–Kier alpha value is -2.70. The average Bonchev–Trinajstić information content (AvgIpc) is 2.63. The van der Waals surface area contributed by atoms with Crippen molar-refractivity contribution in [2.24, 2.45) is 0 Å². The minimum absolute atomic E-state index is 0.00588. The number of benzene rings is 1. The van der Waals surface area contributed by atoms with Gasteiger partial charge in [0.1, 0.15) is 0 Å². The first kappa shape index (κ1) is 13.7. The maximum absolute atomic E-state index is 11.7. The summed E-state index contributed by atoms with van der Waals surface area (Å²) >= 11 is 0. The van der Waals surface area contributed by atoms with E-state index in [0.717, 1.165) is 0 Å². The monoisotopic (exact) mass is 276 g/mol. The fourth-order valence-electron chi connectivity index (χ4n) is 2.25. The van der Waals surface area contributed by atoms with E-state index in [-0.39, 0.29) is 11.3 Å². The van der Waals surface area contributed by atoms with Crippen LogP contribution in [0.15, 0.2) is 35.6 Å². The predicted octanol–water partition coefficient (Wildman–Crippen LogP) is 1.51. The number of hydrogen-bond acceptors (Lipinski definition) is 5. The number of likely N-dealkylation sites (N-methyl/N-ethyl adjacent to an activating group) is 1. The van der Waals surface area contributed by atoms with Crippen LogP contribution in [0, 0.1) is 10.1 Å². The SMILES string of the molecule is CC(=O)C1=C(O)C(=O)N(C)[C@H]1c1ccc([N+](=O)[O-])cc1. The molecule has 0 saturated heterocycles. The van der Waals surface area contributed by atoms with Gasteiger partial charge in [-0.05, 0) is 24.6 Å². The largest absolute Gasteiger partial charge is 0.503 e. The molecule has 1 heterocycles. The van der Waals surface area contributed by atoms with E-state index in [2.05, 4.69) is 0 Å². The summed E-state index contributed by atoms with van der Waals surface area (Å²) in [6.45, 7) is 1.26. The van der Waals surface area contributed by atoms with E-state index < -0.39 is 28.4 Å². The molecule has 0 unspecified atom stereocenters. The van der Waals surface area contributed by atoms with Crippen molar-refractivity contribution in [1.29, 1.82) is 0 Å². The summed E-state index contributed by atoms with van der Waals surface area (Å²) in [6, 6.07) is 4.80. The average molecular weight is 276 g/mol. The molecule has 1 atom stereocenters. The number of carbonyl (C=O) groups is 2. The maximum atomic E-state index is 11.7. The highest BCUT2D eigenvalue weighted by Gasteiger charge is 2.40. The van der Waals surface area contributed by atoms with Crippen LogP contribution in [0.2, 0.25) is 0 Å². The second-order valence-electron chi connectivity index (χ2n) is 4.49. The number of carbonyl (C=O) groups excluding carboxylic acids is 2. The molecule has 0 aromatic heterocycles. The molecule has 2 rings (SSSR count). The summed E-state index contributed by atoms with van der Waals surface area (Å²) in [5, 5.41) is 20.3. The Bertz CT molecular complexity index is 633. The van der Waals surface area contributed by atoms with E-state index in [0.29, 0.717) is 5.56 Å². The minimum atomic E-state index is -0.721. The van der Waals surface area contributed by atoms with Crippen molar-refractivity contribution in [1.82, 2.24) is 4.90 Å². The molecule has 7 heteroatoms. The number of aliphatic hydroxyl groups excluding tert-OH is 1. The molecule has 1 aliphatic heterocycles. The van der Waals surface area contributed by atoms with Crippen molar-refractivity contribution in [3.05, 3.63) is 51.3 Å². The molecule has 1 N–H and O–H groups in total. The third-order valence-corrected chi connectivity index (χ3v) is 3.24. The van der Waals surface area contributed by atoms with Crippen LogP contribution in [0.4, 0.5) is 5.69 Å². The molecule has 1 aliphatic rings. The molecule has 0 bridgehead atoms. The number of aliphatic hydroxyl groups is 1.